The lowest BCUT2D eigenvalue weighted by molar-refractivity contribution is 0.411. The maximum atomic E-state index is 13.7. The molecule has 1 aliphatic heterocycles. The normalized spacial score (nSPS) is 17.4. The smallest absolute Gasteiger partial charge is 0.174 e. The number of nitrogens with zero attached hydrogens (tertiary/aromatic N) is 5. The summed E-state index contributed by atoms with van der Waals surface area (Å²) in [4.78, 5) is 2.37. The first-order chi connectivity index (χ1) is 17.5. The number of hydrogen-bond acceptors (Lipinski definition) is 5. The highest BCUT2D eigenvalue weighted by Crippen LogP contribution is 2.44. The number of hydrogen-bond donors (Lipinski definition) is 0. The standard InChI is InChI=1S/C29H30FN5O/c1-4-18-35-28(31-32-33-35)16-7-21-5-8-23(9-6-21)29(2)27-15-14-26(36-3)20-22(27)17-19-34(29)25-12-10-24(30)11-13-25/h5-16,20H,4,17-19H2,1-3H3/b16-7+. The fraction of sp³-hybridized carbons (Fsp3) is 0.276. The molecule has 0 amide bonds. The lowest BCUT2D eigenvalue weighted by Gasteiger charge is -2.48. The largest absolute Gasteiger partial charge is 0.497 e. The molecule has 0 fully saturated rings. The summed E-state index contributed by atoms with van der Waals surface area (Å²) in [6.45, 7) is 5.94. The number of benzene rings is 3. The number of methoxy groups -OCH3 is 1. The second-order valence-corrected chi connectivity index (χ2v) is 9.19. The fourth-order valence-electron chi connectivity index (χ4n) is 5.09. The van der Waals surface area contributed by atoms with E-state index in [1.54, 1.807) is 11.8 Å². The van der Waals surface area contributed by atoms with Crippen molar-refractivity contribution in [2.24, 2.45) is 0 Å². The molecule has 0 N–H and O–H groups in total. The van der Waals surface area contributed by atoms with Gasteiger partial charge in [-0.1, -0.05) is 43.3 Å². The van der Waals surface area contributed by atoms with Crippen LogP contribution in [0.3, 0.4) is 0 Å². The van der Waals surface area contributed by atoms with Gasteiger partial charge in [0.05, 0.1) is 12.6 Å². The minimum atomic E-state index is -0.439. The van der Waals surface area contributed by atoms with Crippen LogP contribution in [0.2, 0.25) is 0 Å². The second-order valence-electron chi connectivity index (χ2n) is 9.19. The lowest BCUT2D eigenvalue weighted by Crippen LogP contribution is -2.49. The summed E-state index contributed by atoms with van der Waals surface area (Å²) < 4.78 is 21.0. The molecule has 3 aromatic carbocycles. The van der Waals surface area contributed by atoms with Gasteiger partial charge in [0.1, 0.15) is 11.6 Å². The van der Waals surface area contributed by atoms with Crippen LogP contribution >= 0.6 is 0 Å². The third-order valence-corrected chi connectivity index (χ3v) is 7.01. The van der Waals surface area contributed by atoms with Gasteiger partial charge in [-0.15, -0.1) is 5.10 Å². The van der Waals surface area contributed by atoms with Gasteiger partial charge in [0.15, 0.2) is 5.82 Å². The van der Waals surface area contributed by atoms with Crippen LogP contribution in [0.15, 0.2) is 66.7 Å². The number of rotatable bonds is 7. The summed E-state index contributed by atoms with van der Waals surface area (Å²) in [6, 6.07) is 21.7. The van der Waals surface area contributed by atoms with E-state index < -0.39 is 5.54 Å². The average molecular weight is 484 g/mol. The van der Waals surface area contributed by atoms with Crippen molar-refractivity contribution in [2.75, 3.05) is 18.6 Å². The van der Waals surface area contributed by atoms with E-state index in [0.717, 1.165) is 54.3 Å². The zero-order valence-electron chi connectivity index (χ0n) is 20.9. The summed E-state index contributed by atoms with van der Waals surface area (Å²) in [6.07, 6.45) is 5.82. The van der Waals surface area contributed by atoms with Crippen molar-refractivity contribution in [3.05, 3.63) is 101 Å². The maximum Gasteiger partial charge on any atom is 0.174 e. The lowest BCUT2D eigenvalue weighted by atomic mass is 9.76. The Morgan fingerprint density at radius 3 is 2.53 bits per heavy atom. The predicted octanol–water partition coefficient (Wildman–Crippen LogP) is 5.73. The summed E-state index contributed by atoms with van der Waals surface area (Å²) in [5.74, 6) is 1.37. The van der Waals surface area contributed by atoms with E-state index in [9.17, 15) is 4.39 Å². The van der Waals surface area contributed by atoms with Crippen molar-refractivity contribution in [3.63, 3.8) is 0 Å². The van der Waals surface area contributed by atoms with Crippen molar-refractivity contribution in [3.8, 4) is 5.75 Å². The Hall–Kier alpha value is -4.00. The Morgan fingerprint density at radius 2 is 1.81 bits per heavy atom. The van der Waals surface area contributed by atoms with Gasteiger partial charge in [-0.05, 0) is 94.9 Å². The number of halogens is 1. The molecule has 6 nitrogen and oxygen atoms in total. The van der Waals surface area contributed by atoms with Crippen LogP contribution in [-0.4, -0.2) is 33.9 Å². The van der Waals surface area contributed by atoms with Crippen LogP contribution < -0.4 is 9.64 Å². The Kier molecular flexibility index (Phi) is 6.55. The van der Waals surface area contributed by atoms with Crippen molar-refractivity contribution >= 4 is 17.8 Å². The van der Waals surface area contributed by atoms with E-state index in [2.05, 4.69) is 70.7 Å². The van der Waals surface area contributed by atoms with Gasteiger partial charge in [-0.2, -0.15) is 0 Å². The molecule has 0 saturated heterocycles. The molecule has 184 valence electrons. The number of ether oxygens (including phenoxy) is 1. The number of fused-ring (bicyclic) bond motifs is 1. The van der Waals surface area contributed by atoms with Crippen molar-refractivity contribution < 1.29 is 9.13 Å². The van der Waals surface area contributed by atoms with Crippen LogP contribution in [-0.2, 0) is 18.5 Å². The molecular formula is C29H30FN5O. The first-order valence-electron chi connectivity index (χ1n) is 12.3. The monoisotopic (exact) mass is 483 g/mol. The van der Waals surface area contributed by atoms with Crippen LogP contribution in [0.5, 0.6) is 5.75 Å². The second kappa shape index (κ2) is 9.93. The Labute approximate surface area is 211 Å². The Morgan fingerprint density at radius 1 is 1.03 bits per heavy atom. The van der Waals surface area contributed by atoms with Gasteiger partial charge in [-0.3, -0.25) is 0 Å². The van der Waals surface area contributed by atoms with Crippen LogP contribution in [0.4, 0.5) is 10.1 Å². The molecule has 36 heavy (non-hydrogen) atoms. The molecule has 4 aromatic rings. The minimum absolute atomic E-state index is 0.233. The third-order valence-electron chi connectivity index (χ3n) is 7.01. The van der Waals surface area contributed by atoms with Gasteiger partial charge in [0.25, 0.3) is 0 Å². The summed E-state index contributed by atoms with van der Waals surface area (Å²) in [7, 11) is 1.70. The van der Waals surface area contributed by atoms with Crippen LogP contribution in [0, 0.1) is 5.82 Å². The molecule has 0 spiro atoms. The molecule has 0 aliphatic carbocycles. The highest BCUT2D eigenvalue weighted by molar-refractivity contribution is 5.67. The average Bonchev–Trinajstić information content (AvgIpc) is 3.35. The van der Waals surface area contributed by atoms with Crippen molar-refractivity contribution in [2.45, 2.75) is 38.8 Å². The number of aromatic nitrogens is 4. The predicted molar refractivity (Wildman–Crippen MR) is 140 cm³/mol. The molecule has 7 heteroatoms. The van der Waals surface area contributed by atoms with Crippen molar-refractivity contribution in [1.29, 1.82) is 0 Å². The van der Waals surface area contributed by atoms with Gasteiger partial charge in [-0.25, -0.2) is 9.07 Å². The first-order valence-corrected chi connectivity index (χ1v) is 12.3. The van der Waals surface area contributed by atoms with E-state index in [-0.39, 0.29) is 5.82 Å². The molecule has 1 atom stereocenters. The molecule has 0 saturated carbocycles. The molecule has 0 bridgehead atoms. The molecule has 1 unspecified atom stereocenters. The Balaban J connectivity index is 1.53. The molecular weight excluding hydrogens is 453 g/mol. The van der Waals surface area contributed by atoms with Crippen LogP contribution in [0.1, 0.15) is 48.3 Å². The zero-order valence-corrected chi connectivity index (χ0v) is 20.9. The number of anilines is 1. The minimum Gasteiger partial charge on any atom is -0.497 e. The quantitative estimate of drug-likeness (QED) is 0.336. The molecule has 5 rings (SSSR count). The molecule has 0 radical (unpaired) electrons. The van der Waals surface area contributed by atoms with Crippen LogP contribution in [0.25, 0.3) is 12.2 Å². The zero-order chi connectivity index (χ0) is 25.1. The SMILES string of the molecule is CCCn1nnnc1/C=C/c1ccc(C2(C)c3ccc(OC)cc3CCN2c2ccc(F)cc2)cc1. The first kappa shape index (κ1) is 23.7. The van der Waals surface area contributed by atoms with Gasteiger partial charge >= 0.3 is 0 Å². The van der Waals surface area contributed by atoms with E-state index in [4.69, 9.17) is 4.74 Å². The van der Waals surface area contributed by atoms with Crippen molar-refractivity contribution in [1.82, 2.24) is 20.2 Å². The molecule has 2 heterocycles. The topological polar surface area (TPSA) is 56.1 Å². The van der Waals surface area contributed by atoms with Gasteiger partial charge in [0.2, 0.25) is 0 Å². The molecule has 1 aromatic heterocycles. The Bertz CT molecular complexity index is 1360. The highest BCUT2D eigenvalue weighted by atomic mass is 19.1. The third kappa shape index (κ3) is 4.37. The fourth-order valence-corrected chi connectivity index (χ4v) is 5.09. The van der Waals surface area contributed by atoms with Gasteiger partial charge in [0, 0.05) is 18.8 Å². The summed E-state index contributed by atoms with van der Waals surface area (Å²) in [5, 5.41) is 11.9. The summed E-state index contributed by atoms with van der Waals surface area (Å²) >= 11 is 0. The van der Waals surface area contributed by atoms with E-state index >= 15 is 0 Å². The van der Waals surface area contributed by atoms with E-state index in [1.165, 1.54) is 23.3 Å². The number of tetrazole rings is 1. The van der Waals surface area contributed by atoms with E-state index in [1.807, 2.05) is 30.4 Å². The maximum absolute atomic E-state index is 13.7. The highest BCUT2D eigenvalue weighted by Gasteiger charge is 2.40. The van der Waals surface area contributed by atoms with E-state index in [0.29, 0.717) is 0 Å². The van der Waals surface area contributed by atoms with Gasteiger partial charge < -0.3 is 9.64 Å². The summed E-state index contributed by atoms with van der Waals surface area (Å²) in [5.41, 5.74) is 5.26. The molecule has 1 aliphatic rings. The number of aryl methyl sites for hydroxylation is 1.